The van der Waals surface area contributed by atoms with Gasteiger partial charge in [-0.05, 0) is 37.6 Å². The van der Waals surface area contributed by atoms with Crippen LogP contribution >= 0.6 is 12.4 Å². The standard InChI is InChI=1S/C12H16F2N2O3S.ClH/c1-8(15)6-7-16-11(17)9-2-4-10(5-3-9)20(18,19)12(13)14;/h2-5,8,12H,6-7,15H2,1H3,(H,16,17);1H. The number of carbonyl (C=O) groups is 1. The molecule has 0 aromatic heterocycles. The normalized spacial score (nSPS) is 12.6. The van der Waals surface area contributed by atoms with E-state index in [2.05, 4.69) is 5.32 Å². The molecule has 1 amide bonds. The molecule has 1 unspecified atom stereocenters. The minimum absolute atomic E-state index is 0. The third-order valence-electron chi connectivity index (χ3n) is 2.56. The molecule has 0 aliphatic carbocycles. The fourth-order valence-electron chi connectivity index (χ4n) is 1.41. The van der Waals surface area contributed by atoms with Crippen LogP contribution in [0.5, 0.6) is 0 Å². The summed E-state index contributed by atoms with van der Waals surface area (Å²) < 4.78 is 47.0. The lowest BCUT2D eigenvalue weighted by atomic mass is 10.2. The van der Waals surface area contributed by atoms with Crippen molar-refractivity contribution in [1.82, 2.24) is 5.32 Å². The van der Waals surface area contributed by atoms with Gasteiger partial charge in [0.2, 0.25) is 9.84 Å². The minimum Gasteiger partial charge on any atom is -0.352 e. The molecule has 3 N–H and O–H groups in total. The first-order chi connectivity index (χ1) is 9.25. The van der Waals surface area contributed by atoms with Crippen LogP contribution in [-0.2, 0) is 9.84 Å². The van der Waals surface area contributed by atoms with E-state index >= 15 is 0 Å². The highest BCUT2D eigenvalue weighted by Crippen LogP contribution is 2.18. The second-order valence-electron chi connectivity index (χ2n) is 4.35. The Morgan fingerprint density at radius 3 is 2.24 bits per heavy atom. The molecule has 0 aliphatic heterocycles. The van der Waals surface area contributed by atoms with Crippen LogP contribution in [0.25, 0.3) is 0 Å². The maximum Gasteiger partial charge on any atom is 0.341 e. The van der Waals surface area contributed by atoms with Gasteiger partial charge >= 0.3 is 5.76 Å². The number of benzene rings is 1. The lowest BCUT2D eigenvalue weighted by molar-refractivity contribution is 0.0952. The lowest BCUT2D eigenvalue weighted by Gasteiger charge is -2.08. The smallest absolute Gasteiger partial charge is 0.341 e. The second-order valence-corrected chi connectivity index (χ2v) is 6.27. The average molecular weight is 343 g/mol. The first-order valence-corrected chi connectivity index (χ1v) is 7.45. The fraction of sp³-hybridized carbons (Fsp3) is 0.417. The molecule has 0 aliphatic rings. The molecule has 120 valence electrons. The summed E-state index contributed by atoms with van der Waals surface area (Å²) >= 11 is 0. The number of halogens is 3. The minimum atomic E-state index is -4.63. The van der Waals surface area contributed by atoms with E-state index in [1.54, 1.807) is 6.92 Å². The average Bonchev–Trinajstić information content (AvgIpc) is 2.38. The van der Waals surface area contributed by atoms with Gasteiger partial charge in [0.25, 0.3) is 5.91 Å². The summed E-state index contributed by atoms with van der Waals surface area (Å²) in [6.07, 6.45) is 0.601. The van der Waals surface area contributed by atoms with Crippen molar-refractivity contribution in [2.75, 3.05) is 6.54 Å². The summed E-state index contributed by atoms with van der Waals surface area (Å²) in [5.41, 5.74) is 5.72. The van der Waals surface area contributed by atoms with Crippen LogP contribution in [0.3, 0.4) is 0 Å². The Hall–Kier alpha value is -1.25. The first-order valence-electron chi connectivity index (χ1n) is 5.91. The number of alkyl halides is 2. The molecule has 9 heteroatoms. The number of amides is 1. The van der Waals surface area contributed by atoms with Crippen LogP contribution in [0.15, 0.2) is 29.2 Å². The van der Waals surface area contributed by atoms with Gasteiger partial charge in [0.15, 0.2) is 0 Å². The number of nitrogens with two attached hydrogens (primary N) is 1. The predicted molar refractivity (Wildman–Crippen MR) is 77.5 cm³/mol. The molecule has 5 nitrogen and oxygen atoms in total. The highest BCUT2D eigenvalue weighted by Gasteiger charge is 2.26. The van der Waals surface area contributed by atoms with E-state index in [1.165, 1.54) is 12.1 Å². The van der Waals surface area contributed by atoms with Crippen molar-refractivity contribution < 1.29 is 22.0 Å². The van der Waals surface area contributed by atoms with E-state index in [4.69, 9.17) is 5.73 Å². The van der Waals surface area contributed by atoms with E-state index < -0.39 is 26.4 Å². The number of nitrogens with one attached hydrogen (secondary N) is 1. The van der Waals surface area contributed by atoms with Crippen molar-refractivity contribution >= 4 is 28.2 Å². The van der Waals surface area contributed by atoms with Gasteiger partial charge in [-0.15, -0.1) is 12.4 Å². The Kier molecular flexibility index (Phi) is 7.76. The number of sulfone groups is 1. The van der Waals surface area contributed by atoms with Crippen LogP contribution in [-0.4, -0.2) is 32.7 Å². The van der Waals surface area contributed by atoms with Crippen LogP contribution in [0.1, 0.15) is 23.7 Å². The molecule has 1 aromatic carbocycles. The van der Waals surface area contributed by atoms with Crippen molar-refractivity contribution in [3.05, 3.63) is 29.8 Å². The molecule has 0 saturated heterocycles. The predicted octanol–water partition coefficient (Wildman–Crippen LogP) is 1.57. The zero-order valence-corrected chi connectivity index (χ0v) is 12.9. The summed E-state index contributed by atoms with van der Waals surface area (Å²) in [5, 5.41) is 2.59. The lowest BCUT2D eigenvalue weighted by Crippen LogP contribution is -2.28. The summed E-state index contributed by atoms with van der Waals surface area (Å²) in [4.78, 5) is 11.2. The molecule has 1 rings (SSSR count). The molecule has 0 radical (unpaired) electrons. The molecule has 0 fully saturated rings. The van der Waals surface area contributed by atoms with Gasteiger partial charge in [-0.1, -0.05) is 0 Å². The Morgan fingerprint density at radius 2 is 1.81 bits per heavy atom. The largest absolute Gasteiger partial charge is 0.352 e. The zero-order chi connectivity index (χ0) is 15.3. The van der Waals surface area contributed by atoms with Gasteiger partial charge < -0.3 is 11.1 Å². The molecule has 0 bridgehead atoms. The van der Waals surface area contributed by atoms with Gasteiger partial charge in [-0.3, -0.25) is 4.79 Å². The third-order valence-corrected chi connectivity index (χ3v) is 3.96. The topological polar surface area (TPSA) is 89.3 Å². The van der Waals surface area contributed by atoms with Crippen LogP contribution < -0.4 is 11.1 Å². The summed E-state index contributed by atoms with van der Waals surface area (Å²) in [6.45, 7) is 2.18. The Labute approximate surface area is 128 Å². The molecule has 21 heavy (non-hydrogen) atoms. The van der Waals surface area contributed by atoms with E-state index in [9.17, 15) is 22.0 Å². The van der Waals surface area contributed by atoms with Crippen molar-refractivity contribution in [2.24, 2.45) is 5.73 Å². The van der Waals surface area contributed by atoms with Gasteiger partial charge in [-0.2, -0.15) is 8.78 Å². The first kappa shape index (κ1) is 19.8. The number of hydrogen-bond acceptors (Lipinski definition) is 4. The van der Waals surface area contributed by atoms with Crippen LogP contribution in [0, 0.1) is 0 Å². The van der Waals surface area contributed by atoms with E-state index in [0.717, 1.165) is 12.1 Å². The van der Waals surface area contributed by atoms with Gasteiger partial charge in [0.05, 0.1) is 4.90 Å². The van der Waals surface area contributed by atoms with E-state index in [-0.39, 0.29) is 24.0 Å². The van der Waals surface area contributed by atoms with Crippen molar-refractivity contribution in [3.63, 3.8) is 0 Å². The van der Waals surface area contributed by atoms with Gasteiger partial charge in [0.1, 0.15) is 0 Å². The Morgan fingerprint density at radius 1 is 1.29 bits per heavy atom. The molecule has 1 aromatic rings. The van der Waals surface area contributed by atoms with Gasteiger partial charge in [-0.25, -0.2) is 8.42 Å². The summed E-state index contributed by atoms with van der Waals surface area (Å²) in [7, 11) is -4.63. The SMILES string of the molecule is CC(N)CCNC(=O)c1ccc(S(=O)(=O)C(F)F)cc1.Cl. The highest BCUT2D eigenvalue weighted by atomic mass is 35.5. The maximum absolute atomic E-state index is 12.3. The third kappa shape index (κ3) is 5.56. The molecule has 0 saturated carbocycles. The monoisotopic (exact) mass is 342 g/mol. The van der Waals surface area contributed by atoms with Crippen LogP contribution in [0.4, 0.5) is 8.78 Å². The van der Waals surface area contributed by atoms with E-state index in [1.807, 2.05) is 0 Å². The highest BCUT2D eigenvalue weighted by molar-refractivity contribution is 7.91. The fourth-order valence-corrected chi connectivity index (χ4v) is 2.14. The second kappa shape index (κ2) is 8.26. The quantitative estimate of drug-likeness (QED) is 0.821. The van der Waals surface area contributed by atoms with Crippen molar-refractivity contribution in [3.8, 4) is 0 Å². The molecule has 0 spiro atoms. The van der Waals surface area contributed by atoms with Gasteiger partial charge in [0, 0.05) is 18.2 Å². The molecule has 0 heterocycles. The molecular weight excluding hydrogens is 326 g/mol. The Balaban J connectivity index is 0.00000400. The number of rotatable bonds is 6. The van der Waals surface area contributed by atoms with Crippen molar-refractivity contribution in [2.45, 2.75) is 30.0 Å². The van der Waals surface area contributed by atoms with Crippen LogP contribution in [0.2, 0.25) is 0 Å². The summed E-state index contributed by atoms with van der Waals surface area (Å²) in [5.74, 6) is -3.89. The molecular formula is C12H17ClF2N2O3S. The number of carbonyl (C=O) groups excluding carboxylic acids is 1. The summed E-state index contributed by atoms with van der Waals surface area (Å²) in [6, 6.07) is 4.31. The Bertz CT molecular complexity index is 562. The van der Waals surface area contributed by atoms with Crippen molar-refractivity contribution in [1.29, 1.82) is 0 Å². The van der Waals surface area contributed by atoms with E-state index in [0.29, 0.717) is 13.0 Å². The number of hydrogen-bond donors (Lipinski definition) is 2. The molecule has 1 atom stereocenters. The maximum atomic E-state index is 12.3. The zero-order valence-electron chi connectivity index (χ0n) is 11.3.